The zero-order chi connectivity index (χ0) is 20.8. The van der Waals surface area contributed by atoms with E-state index in [1.807, 2.05) is 19.1 Å². The Morgan fingerprint density at radius 1 is 1.37 bits per heavy atom. The molecule has 0 spiro atoms. The van der Waals surface area contributed by atoms with Crippen molar-refractivity contribution in [1.82, 2.24) is 19.8 Å². The third-order valence-electron chi connectivity index (χ3n) is 5.14. The molecule has 7 nitrogen and oxygen atoms in total. The number of hydrogen-bond acceptors (Lipinski definition) is 5. The van der Waals surface area contributed by atoms with Crippen molar-refractivity contribution in [2.75, 3.05) is 5.32 Å². The first-order valence-corrected chi connectivity index (χ1v) is 9.37. The largest absolute Gasteiger partial charge is 0.339 e. The number of terminal acetylenes is 1. The number of aryl methyl sites for hydroxylation is 1. The molecule has 3 aromatic heterocycles. The number of nitrogens with zero attached hydrogens (tertiary/aromatic N) is 4. The summed E-state index contributed by atoms with van der Waals surface area (Å²) < 4.78 is 20.0. The van der Waals surface area contributed by atoms with Crippen molar-refractivity contribution in [3.05, 3.63) is 65.3 Å². The van der Waals surface area contributed by atoms with Crippen molar-refractivity contribution in [2.45, 2.75) is 25.4 Å². The van der Waals surface area contributed by atoms with E-state index in [1.54, 1.807) is 28.9 Å². The van der Waals surface area contributed by atoms with Gasteiger partial charge < -0.3 is 9.84 Å². The maximum absolute atomic E-state index is 13.2. The van der Waals surface area contributed by atoms with Gasteiger partial charge >= 0.3 is 0 Å². The van der Waals surface area contributed by atoms with Crippen LogP contribution in [0.25, 0.3) is 16.9 Å². The number of carbonyl (C=O) groups excluding carboxylic acids is 1. The molecule has 8 heteroatoms. The van der Waals surface area contributed by atoms with Crippen LogP contribution in [0.5, 0.6) is 0 Å². The van der Waals surface area contributed by atoms with E-state index in [4.69, 9.17) is 10.9 Å². The van der Waals surface area contributed by atoms with Crippen LogP contribution in [0.1, 0.15) is 39.7 Å². The van der Waals surface area contributed by atoms with Gasteiger partial charge in [-0.05, 0) is 37.1 Å². The zero-order valence-corrected chi connectivity index (χ0v) is 16.0. The van der Waals surface area contributed by atoms with Gasteiger partial charge in [0.05, 0.1) is 23.2 Å². The molecule has 30 heavy (non-hydrogen) atoms. The number of fused-ring (bicyclic) bond motifs is 1. The van der Waals surface area contributed by atoms with E-state index in [0.29, 0.717) is 46.0 Å². The summed E-state index contributed by atoms with van der Waals surface area (Å²) in [6.45, 7) is 1.88. The highest BCUT2D eigenvalue weighted by Crippen LogP contribution is 2.43. The Morgan fingerprint density at radius 3 is 2.97 bits per heavy atom. The number of nitrogens with one attached hydrogen (secondary N) is 1. The molecule has 1 amide bonds. The minimum atomic E-state index is -0.909. The van der Waals surface area contributed by atoms with Gasteiger partial charge in [-0.15, -0.1) is 6.42 Å². The normalized spacial score (nSPS) is 17.6. The zero-order valence-electron chi connectivity index (χ0n) is 16.0. The van der Waals surface area contributed by atoms with E-state index >= 15 is 0 Å². The maximum atomic E-state index is 13.2. The third kappa shape index (κ3) is 3.10. The Morgan fingerprint density at radius 2 is 2.20 bits per heavy atom. The van der Waals surface area contributed by atoms with Crippen LogP contribution in [0.2, 0.25) is 0 Å². The molecule has 3 heterocycles. The van der Waals surface area contributed by atoms with Crippen molar-refractivity contribution in [3.63, 3.8) is 0 Å². The molecular weight excluding hydrogens is 385 g/mol. The predicted molar refractivity (Wildman–Crippen MR) is 108 cm³/mol. The van der Waals surface area contributed by atoms with E-state index in [0.717, 1.165) is 5.56 Å². The number of benzene rings is 1. The SMILES string of the molecule is C#Cc1ccc2c(C(=O)Nc3cc(-c4noc([C@H]5C[C@@H]5F)n4)ccc3C)cnn2c1. The van der Waals surface area contributed by atoms with E-state index < -0.39 is 6.17 Å². The van der Waals surface area contributed by atoms with Crippen LogP contribution in [-0.2, 0) is 0 Å². The molecule has 148 valence electrons. The third-order valence-corrected chi connectivity index (χ3v) is 5.14. The summed E-state index contributed by atoms with van der Waals surface area (Å²) in [7, 11) is 0. The number of alkyl halides is 1. The lowest BCUT2D eigenvalue weighted by molar-refractivity contribution is 0.102. The molecule has 1 aliphatic rings. The molecule has 4 aromatic rings. The molecular formula is C22H16FN5O2. The first-order valence-electron chi connectivity index (χ1n) is 9.37. The van der Waals surface area contributed by atoms with Crippen LogP contribution in [0, 0.1) is 19.3 Å². The van der Waals surface area contributed by atoms with E-state index in [1.165, 1.54) is 6.20 Å². The lowest BCUT2D eigenvalue weighted by atomic mass is 10.1. The minimum Gasteiger partial charge on any atom is -0.339 e. The second-order valence-electron chi connectivity index (χ2n) is 7.25. The Labute approximate surface area is 170 Å². The number of rotatable bonds is 4. The Bertz CT molecular complexity index is 1330. The maximum Gasteiger partial charge on any atom is 0.259 e. The average molecular weight is 401 g/mol. The van der Waals surface area contributed by atoms with Crippen molar-refractivity contribution >= 4 is 17.1 Å². The van der Waals surface area contributed by atoms with Gasteiger partial charge in [0, 0.05) is 23.0 Å². The Hall–Kier alpha value is -3.99. The fourth-order valence-corrected chi connectivity index (χ4v) is 3.25. The van der Waals surface area contributed by atoms with Gasteiger partial charge in [-0.1, -0.05) is 23.2 Å². The molecule has 0 unspecified atom stereocenters. The van der Waals surface area contributed by atoms with E-state index in [-0.39, 0.29) is 11.8 Å². The summed E-state index contributed by atoms with van der Waals surface area (Å²) in [5.41, 5.74) is 3.89. The number of carbonyl (C=O) groups is 1. The number of aromatic nitrogens is 4. The van der Waals surface area contributed by atoms with Gasteiger partial charge in [0.25, 0.3) is 5.91 Å². The topological polar surface area (TPSA) is 85.3 Å². The van der Waals surface area contributed by atoms with Crippen molar-refractivity contribution in [2.24, 2.45) is 0 Å². The van der Waals surface area contributed by atoms with Gasteiger partial charge in [-0.2, -0.15) is 10.1 Å². The molecule has 1 aromatic carbocycles. The molecule has 0 bridgehead atoms. The van der Waals surface area contributed by atoms with Gasteiger partial charge in [0.1, 0.15) is 6.17 Å². The highest BCUT2D eigenvalue weighted by molar-refractivity contribution is 6.09. The van der Waals surface area contributed by atoms with Crippen LogP contribution in [0.4, 0.5) is 10.1 Å². The number of amides is 1. The average Bonchev–Trinajstić information content (AvgIpc) is 3.15. The fourth-order valence-electron chi connectivity index (χ4n) is 3.25. The molecule has 1 aliphatic carbocycles. The standard InChI is InChI=1S/C22H16FN5O2/c1-3-13-5-7-19-16(10-24-28(19)11-13)21(29)25-18-8-14(6-4-12(18)2)20-26-22(30-27-20)15-9-17(15)23/h1,4-8,10-11,15,17H,9H2,2H3,(H,25,29)/t15-,17-/m0/s1. The fraction of sp³-hybridized carbons (Fsp3) is 0.182. The first-order chi connectivity index (χ1) is 14.5. The summed E-state index contributed by atoms with van der Waals surface area (Å²) >= 11 is 0. The van der Waals surface area contributed by atoms with Crippen molar-refractivity contribution in [1.29, 1.82) is 0 Å². The summed E-state index contributed by atoms with van der Waals surface area (Å²) in [6.07, 6.45) is 8.10. The lowest BCUT2D eigenvalue weighted by Crippen LogP contribution is -2.12. The molecule has 1 N–H and O–H groups in total. The minimum absolute atomic E-state index is 0.300. The Balaban J connectivity index is 1.42. The summed E-state index contributed by atoms with van der Waals surface area (Å²) in [4.78, 5) is 17.2. The summed E-state index contributed by atoms with van der Waals surface area (Å²) in [5, 5.41) is 11.1. The van der Waals surface area contributed by atoms with E-state index in [9.17, 15) is 9.18 Å². The van der Waals surface area contributed by atoms with Crippen LogP contribution >= 0.6 is 0 Å². The molecule has 1 saturated carbocycles. The van der Waals surface area contributed by atoms with E-state index in [2.05, 4.69) is 26.5 Å². The number of halogens is 1. The first kappa shape index (κ1) is 18.1. The molecule has 5 rings (SSSR count). The number of pyridine rings is 1. The van der Waals surface area contributed by atoms with Crippen LogP contribution in [0.15, 0.2) is 47.2 Å². The highest BCUT2D eigenvalue weighted by Gasteiger charge is 2.43. The van der Waals surface area contributed by atoms with Crippen LogP contribution < -0.4 is 5.32 Å². The van der Waals surface area contributed by atoms with Gasteiger partial charge in [0.15, 0.2) is 0 Å². The van der Waals surface area contributed by atoms with Gasteiger partial charge in [-0.3, -0.25) is 4.79 Å². The molecule has 0 aliphatic heterocycles. The van der Waals surface area contributed by atoms with Crippen LogP contribution in [0.3, 0.4) is 0 Å². The van der Waals surface area contributed by atoms with Crippen molar-refractivity contribution < 1.29 is 13.7 Å². The molecule has 2 atom stereocenters. The summed E-state index contributed by atoms with van der Waals surface area (Å²) in [6, 6.07) is 8.97. The van der Waals surface area contributed by atoms with Gasteiger partial charge in [0.2, 0.25) is 11.7 Å². The predicted octanol–water partition coefficient (Wildman–Crippen LogP) is 3.75. The highest BCUT2D eigenvalue weighted by atomic mass is 19.1. The van der Waals surface area contributed by atoms with Gasteiger partial charge in [-0.25, -0.2) is 8.91 Å². The second-order valence-corrected chi connectivity index (χ2v) is 7.25. The smallest absolute Gasteiger partial charge is 0.259 e. The van der Waals surface area contributed by atoms with Crippen LogP contribution in [-0.4, -0.2) is 31.8 Å². The lowest BCUT2D eigenvalue weighted by Gasteiger charge is -2.09. The molecule has 0 radical (unpaired) electrons. The Kier molecular flexibility index (Phi) is 4.10. The molecule has 0 saturated heterocycles. The molecule has 1 fully saturated rings. The number of hydrogen-bond donors (Lipinski definition) is 1. The van der Waals surface area contributed by atoms with Crippen molar-refractivity contribution in [3.8, 4) is 23.7 Å². The second kappa shape index (κ2) is 6.81. The quantitative estimate of drug-likeness (QED) is 0.527. The summed E-state index contributed by atoms with van der Waals surface area (Å²) in [5.74, 6) is 2.60. The number of anilines is 1. The monoisotopic (exact) mass is 401 g/mol.